The number of hydrogen-bond acceptors (Lipinski definition) is 2. The highest BCUT2D eigenvalue weighted by molar-refractivity contribution is 5.63. The Labute approximate surface area is 106 Å². The van der Waals surface area contributed by atoms with Crippen LogP contribution >= 0.6 is 0 Å². The minimum atomic E-state index is 0.880. The molecule has 86 valence electrons. The van der Waals surface area contributed by atoms with Gasteiger partial charge in [-0.05, 0) is 23.9 Å². The summed E-state index contributed by atoms with van der Waals surface area (Å²) in [6.07, 6.45) is 1.78. The molecule has 0 saturated carbocycles. The molecular formula is C16H11N2-. The molecule has 2 aromatic heterocycles. The van der Waals surface area contributed by atoms with Crippen molar-refractivity contribution in [3.8, 4) is 22.6 Å². The first-order valence-electron chi connectivity index (χ1n) is 5.79. The van der Waals surface area contributed by atoms with E-state index < -0.39 is 0 Å². The third-order valence-electron chi connectivity index (χ3n) is 2.66. The molecule has 0 bridgehead atoms. The zero-order valence-electron chi connectivity index (χ0n) is 9.75. The lowest BCUT2D eigenvalue weighted by Crippen LogP contribution is -1.89. The quantitative estimate of drug-likeness (QED) is 0.630. The summed E-state index contributed by atoms with van der Waals surface area (Å²) in [5.74, 6) is 0. The SMILES string of the molecule is [c-]1ccccc1-c1cccc(-c2ccccn2)n1. The summed E-state index contributed by atoms with van der Waals surface area (Å²) in [5.41, 5.74) is 3.68. The molecule has 0 aliphatic heterocycles. The summed E-state index contributed by atoms with van der Waals surface area (Å²) >= 11 is 0. The number of nitrogens with zero attached hydrogens (tertiary/aromatic N) is 2. The third-order valence-corrected chi connectivity index (χ3v) is 2.66. The zero-order valence-corrected chi connectivity index (χ0v) is 9.75. The summed E-state index contributed by atoms with van der Waals surface area (Å²) in [5, 5.41) is 0. The first-order chi connectivity index (χ1) is 8.93. The zero-order chi connectivity index (χ0) is 12.2. The van der Waals surface area contributed by atoms with Gasteiger partial charge in [0.05, 0.1) is 11.4 Å². The van der Waals surface area contributed by atoms with E-state index in [9.17, 15) is 0 Å². The van der Waals surface area contributed by atoms with Crippen LogP contribution in [0.2, 0.25) is 0 Å². The third kappa shape index (κ3) is 2.13. The topological polar surface area (TPSA) is 25.8 Å². The van der Waals surface area contributed by atoms with Gasteiger partial charge in [0.15, 0.2) is 0 Å². The van der Waals surface area contributed by atoms with Crippen molar-refractivity contribution in [1.29, 1.82) is 0 Å². The van der Waals surface area contributed by atoms with Crippen LogP contribution in [0.1, 0.15) is 0 Å². The molecule has 0 spiro atoms. The number of pyridine rings is 2. The Balaban J connectivity index is 2.05. The molecule has 1 aromatic carbocycles. The maximum Gasteiger partial charge on any atom is 0.0876 e. The van der Waals surface area contributed by atoms with Crippen molar-refractivity contribution in [3.63, 3.8) is 0 Å². The molecule has 0 saturated heterocycles. The largest absolute Gasteiger partial charge is 0.295 e. The summed E-state index contributed by atoms with van der Waals surface area (Å²) in [6.45, 7) is 0. The minimum Gasteiger partial charge on any atom is -0.295 e. The first-order valence-corrected chi connectivity index (χ1v) is 5.79. The average Bonchev–Trinajstić information content (AvgIpc) is 2.49. The molecule has 0 unspecified atom stereocenters. The van der Waals surface area contributed by atoms with Gasteiger partial charge in [0.25, 0.3) is 0 Å². The van der Waals surface area contributed by atoms with Gasteiger partial charge in [0, 0.05) is 6.20 Å². The number of rotatable bonds is 2. The second-order valence-electron chi connectivity index (χ2n) is 3.90. The van der Waals surface area contributed by atoms with Crippen molar-refractivity contribution < 1.29 is 0 Å². The smallest absolute Gasteiger partial charge is 0.0876 e. The minimum absolute atomic E-state index is 0.880. The highest BCUT2D eigenvalue weighted by Gasteiger charge is 1.99. The molecule has 18 heavy (non-hydrogen) atoms. The first kappa shape index (κ1) is 10.7. The van der Waals surface area contributed by atoms with Crippen LogP contribution in [0.25, 0.3) is 22.6 Å². The summed E-state index contributed by atoms with van der Waals surface area (Å²) in [6, 6.07) is 22.8. The van der Waals surface area contributed by atoms with Gasteiger partial charge < -0.3 is 0 Å². The lowest BCUT2D eigenvalue weighted by molar-refractivity contribution is 1.25. The molecule has 0 N–H and O–H groups in total. The molecule has 0 fully saturated rings. The van der Waals surface area contributed by atoms with Crippen LogP contribution in [-0.4, -0.2) is 9.97 Å². The average molecular weight is 231 g/mol. The Morgan fingerprint density at radius 1 is 0.722 bits per heavy atom. The Kier molecular flexibility index (Phi) is 2.84. The molecule has 0 amide bonds. The van der Waals surface area contributed by atoms with Crippen LogP contribution in [0, 0.1) is 6.07 Å². The highest BCUT2D eigenvalue weighted by Crippen LogP contribution is 2.20. The van der Waals surface area contributed by atoms with E-state index in [1.54, 1.807) is 6.20 Å². The van der Waals surface area contributed by atoms with Crippen LogP contribution in [0.4, 0.5) is 0 Å². The Hall–Kier alpha value is -2.48. The van der Waals surface area contributed by atoms with Gasteiger partial charge in [-0.15, -0.1) is 35.9 Å². The van der Waals surface area contributed by atoms with Gasteiger partial charge in [-0.25, -0.2) is 0 Å². The summed E-state index contributed by atoms with van der Waals surface area (Å²) in [7, 11) is 0. The van der Waals surface area contributed by atoms with Crippen molar-refractivity contribution in [2.24, 2.45) is 0 Å². The van der Waals surface area contributed by atoms with Crippen molar-refractivity contribution in [2.75, 3.05) is 0 Å². The molecule has 0 aliphatic carbocycles. The van der Waals surface area contributed by atoms with Crippen molar-refractivity contribution in [1.82, 2.24) is 9.97 Å². The van der Waals surface area contributed by atoms with Gasteiger partial charge >= 0.3 is 0 Å². The number of hydrogen-bond donors (Lipinski definition) is 0. The molecule has 2 heteroatoms. The van der Waals surface area contributed by atoms with Gasteiger partial charge in [-0.3, -0.25) is 9.97 Å². The van der Waals surface area contributed by atoms with Crippen LogP contribution in [0.3, 0.4) is 0 Å². The van der Waals surface area contributed by atoms with Crippen LogP contribution < -0.4 is 0 Å². The molecular weight excluding hydrogens is 220 g/mol. The van der Waals surface area contributed by atoms with Gasteiger partial charge in [0.2, 0.25) is 0 Å². The Bertz CT molecular complexity index is 579. The predicted octanol–water partition coefficient (Wildman–Crippen LogP) is 3.61. The van der Waals surface area contributed by atoms with Gasteiger partial charge in [-0.1, -0.05) is 18.2 Å². The fraction of sp³-hybridized carbons (Fsp3) is 0. The second kappa shape index (κ2) is 4.80. The van der Waals surface area contributed by atoms with E-state index in [1.807, 2.05) is 60.7 Å². The lowest BCUT2D eigenvalue weighted by atomic mass is 10.1. The van der Waals surface area contributed by atoms with E-state index in [1.165, 1.54) is 0 Å². The predicted molar refractivity (Wildman–Crippen MR) is 71.7 cm³/mol. The van der Waals surface area contributed by atoms with E-state index in [0.717, 1.165) is 22.6 Å². The lowest BCUT2D eigenvalue weighted by Gasteiger charge is -2.09. The van der Waals surface area contributed by atoms with Gasteiger partial charge in [-0.2, -0.15) is 0 Å². The van der Waals surface area contributed by atoms with E-state index in [2.05, 4.69) is 16.0 Å². The maximum absolute atomic E-state index is 4.62. The van der Waals surface area contributed by atoms with Crippen molar-refractivity contribution in [3.05, 3.63) is 72.9 Å². The fourth-order valence-electron chi connectivity index (χ4n) is 1.79. The molecule has 2 nitrogen and oxygen atoms in total. The van der Waals surface area contributed by atoms with Crippen LogP contribution in [-0.2, 0) is 0 Å². The standard InChI is InChI=1S/C16H11N2/c1-2-7-13(8-3-1)14-10-6-11-16(18-14)15-9-4-5-12-17-15/h1-7,9-12H/q-1. The Morgan fingerprint density at radius 2 is 1.56 bits per heavy atom. The van der Waals surface area contributed by atoms with E-state index >= 15 is 0 Å². The summed E-state index contributed by atoms with van der Waals surface area (Å²) < 4.78 is 0. The molecule has 0 aliphatic rings. The number of aromatic nitrogens is 2. The molecule has 3 rings (SSSR count). The van der Waals surface area contributed by atoms with Gasteiger partial charge in [0.1, 0.15) is 0 Å². The monoisotopic (exact) mass is 231 g/mol. The Morgan fingerprint density at radius 3 is 2.33 bits per heavy atom. The maximum atomic E-state index is 4.62. The second-order valence-corrected chi connectivity index (χ2v) is 3.90. The highest BCUT2D eigenvalue weighted by atomic mass is 14.8. The normalized spacial score (nSPS) is 10.2. The molecule has 0 radical (unpaired) electrons. The number of benzene rings is 1. The van der Waals surface area contributed by atoms with E-state index in [0.29, 0.717) is 0 Å². The van der Waals surface area contributed by atoms with Crippen molar-refractivity contribution in [2.45, 2.75) is 0 Å². The van der Waals surface area contributed by atoms with E-state index in [4.69, 9.17) is 0 Å². The molecule has 3 aromatic rings. The summed E-state index contributed by atoms with van der Waals surface area (Å²) in [4.78, 5) is 8.93. The molecule has 2 heterocycles. The van der Waals surface area contributed by atoms with Crippen molar-refractivity contribution >= 4 is 0 Å². The fourth-order valence-corrected chi connectivity index (χ4v) is 1.79. The van der Waals surface area contributed by atoms with Crippen LogP contribution in [0.15, 0.2) is 66.9 Å². The molecule has 0 atom stereocenters. The van der Waals surface area contributed by atoms with E-state index in [-0.39, 0.29) is 0 Å². The van der Waals surface area contributed by atoms with Crippen LogP contribution in [0.5, 0.6) is 0 Å².